The van der Waals surface area contributed by atoms with Crippen LogP contribution in [-0.4, -0.2) is 62.0 Å². The minimum Gasteiger partial charge on any atom is -0.497 e. The number of carbonyl (C=O) groups excluding carboxylic acids is 3. The van der Waals surface area contributed by atoms with Gasteiger partial charge in [-0.15, -0.1) is 0 Å². The van der Waals surface area contributed by atoms with Gasteiger partial charge >= 0.3 is 0 Å². The van der Waals surface area contributed by atoms with Crippen LogP contribution in [0.1, 0.15) is 38.2 Å². The molecule has 1 atom stereocenters. The van der Waals surface area contributed by atoms with Crippen molar-refractivity contribution in [3.05, 3.63) is 23.8 Å². The molecule has 1 unspecified atom stereocenters. The molecule has 0 radical (unpaired) electrons. The Kier molecular flexibility index (Phi) is 7.18. The standard InChI is InChI=1S/C22H31N3O5/c1-14(26)23-20(12-15-10-18(29-2)13-19(11-15)30-3)21(27)24-17-6-8-25(9-7-17)22(28)16-4-5-16/h10-11,13,16-17,20H,4-9,12H2,1-3H3,(H,23,26)(H,24,27). The zero-order valence-electron chi connectivity index (χ0n) is 17.9. The molecular weight excluding hydrogens is 386 g/mol. The van der Waals surface area contributed by atoms with E-state index in [2.05, 4.69) is 10.6 Å². The number of rotatable bonds is 8. The van der Waals surface area contributed by atoms with Crippen molar-refractivity contribution in [3.8, 4) is 11.5 Å². The maximum absolute atomic E-state index is 12.9. The van der Waals surface area contributed by atoms with Crippen molar-refractivity contribution in [2.75, 3.05) is 27.3 Å². The third-order valence-corrected chi connectivity index (χ3v) is 5.62. The van der Waals surface area contributed by atoms with E-state index in [-0.39, 0.29) is 29.7 Å². The van der Waals surface area contributed by atoms with Gasteiger partial charge in [-0.05, 0) is 43.4 Å². The maximum Gasteiger partial charge on any atom is 0.243 e. The Hall–Kier alpha value is -2.77. The molecule has 2 aliphatic rings. The van der Waals surface area contributed by atoms with Crippen molar-refractivity contribution in [1.82, 2.24) is 15.5 Å². The lowest BCUT2D eigenvalue weighted by atomic mass is 10.0. The summed E-state index contributed by atoms with van der Waals surface area (Å²) in [5.74, 6) is 1.23. The van der Waals surface area contributed by atoms with Crippen molar-refractivity contribution < 1.29 is 23.9 Å². The first-order chi connectivity index (χ1) is 14.4. The summed E-state index contributed by atoms with van der Waals surface area (Å²) in [6.45, 7) is 2.73. The molecule has 0 aromatic heterocycles. The van der Waals surface area contributed by atoms with Crippen LogP contribution in [0.5, 0.6) is 11.5 Å². The number of nitrogens with one attached hydrogen (secondary N) is 2. The molecule has 1 aromatic rings. The number of nitrogens with zero attached hydrogens (tertiary/aromatic N) is 1. The summed E-state index contributed by atoms with van der Waals surface area (Å²) in [5, 5.41) is 5.80. The third kappa shape index (κ3) is 5.87. The average Bonchev–Trinajstić information content (AvgIpc) is 3.58. The van der Waals surface area contributed by atoms with Crippen LogP contribution in [0, 0.1) is 5.92 Å². The molecule has 2 fully saturated rings. The molecule has 3 rings (SSSR count). The van der Waals surface area contributed by atoms with Gasteiger partial charge in [0.25, 0.3) is 0 Å². The molecule has 0 spiro atoms. The Morgan fingerprint density at radius 2 is 1.63 bits per heavy atom. The molecule has 164 valence electrons. The lowest BCUT2D eigenvalue weighted by Gasteiger charge is -2.33. The van der Waals surface area contributed by atoms with Gasteiger partial charge < -0.3 is 25.0 Å². The predicted octanol–water partition coefficient (Wildman–Crippen LogP) is 1.27. The maximum atomic E-state index is 12.9. The van der Waals surface area contributed by atoms with Gasteiger partial charge in [0.05, 0.1) is 14.2 Å². The van der Waals surface area contributed by atoms with Crippen LogP contribution in [0.3, 0.4) is 0 Å². The number of ether oxygens (including phenoxy) is 2. The highest BCUT2D eigenvalue weighted by Gasteiger charge is 2.35. The van der Waals surface area contributed by atoms with E-state index in [4.69, 9.17) is 9.47 Å². The van der Waals surface area contributed by atoms with Gasteiger partial charge in [-0.25, -0.2) is 0 Å². The number of hydrogen-bond donors (Lipinski definition) is 2. The predicted molar refractivity (Wildman–Crippen MR) is 111 cm³/mol. The Morgan fingerprint density at radius 1 is 1.03 bits per heavy atom. The SMILES string of the molecule is COc1cc(CC(NC(C)=O)C(=O)NC2CCN(C(=O)C3CC3)CC2)cc(OC)c1. The Balaban J connectivity index is 1.60. The van der Waals surface area contributed by atoms with E-state index in [0.717, 1.165) is 31.2 Å². The van der Waals surface area contributed by atoms with Crippen LogP contribution in [0.25, 0.3) is 0 Å². The van der Waals surface area contributed by atoms with Gasteiger partial charge in [0.1, 0.15) is 17.5 Å². The minimum atomic E-state index is -0.703. The summed E-state index contributed by atoms with van der Waals surface area (Å²) in [6.07, 6.45) is 3.78. The largest absolute Gasteiger partial charge is 0.497 e. The van der Waals surface area contributed by atoms with Crippen LogP contribution < -0.4 is 20.1 Å². The van der Waals surface area contributed by atoms with E-state index in [1.165, 1.54) is 6.92 Å². The Labute approximate surface area is 177 Å². The van der Waals surface area contributed by atoms with Gasteiger partial charge in [-0.2, -0.15) is 0 Å². The molecule has 1 heterocycles. The van der Waals surface area contributed by atoms with Crippen molar-refractivity contribution in [3.63, 3.8) is 0 Å². The highest BCUT2D eigenvalue weighted by molar-refractivity contribution is 5.87. The molecular formula is C22H31N3O5. The fourth-order valence-electron chi connectivity index (χ4n) is 3.81. The van der Waals surface area contributed by atoms with Crippen LogP contribution in [0.15, 0.2) is 18.2 Å². The molecule has 1 aliphatic carbocycles. The highest BCUT2D eigenvalue weighted by Crippen LogP contribution is 2.32. The lowest BCUT2D eigenvalue weighted by Crippen LogP contribution is -2.53. The van der Waals surface area contributed by atoms with Crippen LogP contribution in [0.4, 0.5) is 0 Å². The summed E-state index contributed by atoms with van der Waals surface area (Å²) in [4.78, 5) is 38.7. The zero-order chi connectivity index (χ0) is 21.7. The molecule has 8 nitrogen and oxygen atoms in total. The first kappa shape index (κ1) is 21.9. The smallest absolute Gasteiger partial charge is 0.243 e. The number of methoxy groups -OCH3 is 2. The van der Waals surface area contributed by atoms with Crippen LogP contribution in [0.2, 0.25) is 0 Å². The molecule has 0 bridgehead atoms. The summed E-state index contributed by atoms with van der Waals surface area (Å²) < 4.78 is 10.6. The van der Waals surface area contributed by atoms with Gasteiger partial charge in [-0.3, -0.25) is 14.4 Å². The van der Waals surface area contributed by atoms with E-state index in [1.807, 2.05) is 17.0 Å². The quantitative estimate of drug-likeness (QED) is 0.664. The molecule has 1 aliphatic heterocycles. The van der Waals surface area contributed by atoms with E-state index in [9.17, 15) is 14.4 Å². The number of carbonyl (C=O) groups is 3. The van der Waals surface area contributed by atoms with E-state index in [0.29, 0.717) is 31.0 Å². The second-order valence-electron chi connectivity index (χ2n) is 8.06. The topological polar surface area (TPSA) is 97.0 Å². The average molecular weight is 418 g/mol. The Bertz CT molecular complexity index is 763. The molecule has 2 N–H and O–H groups in total. The van der Waals surface area contributed by atoms with Crippen molar-refractivity contribution in [1.29, 1.82) is 0 Å². The molecule has 8 heteroatoms. The molecule has 1 aromatic carbocycles. The van der Waals surface area contributed by atoms with Gasteiger partial charge in [0.2, 0.25) is 17.7 Å². The second kappa shape index (κ2) is 9.82. The molecule has 3 amide bonds. The van der Waals surface area contributed by atoms with E-state index >= 15 is 0 Å². The number of likely N-dealkylation sites (tertiary alicyclic amines) is 1. The van der Waals surface area contributed by atoms with E-state index < -0.39 is 6.04 Å². The molecule has 1 saturated heterocycles. The van der Waals surface area contributed by atoms with Gasteiger partial charge in [0, 0.05) is 44.5 Å². The van der Waals surface area contributed by atoms with Crippen LogP contribution >= 0.6 is 0 Å². The second-order valence-corrected chi connectivity index (χ2v) is 8.06. The van der Waals surface area contributed by atoms with Crippen molar-refractivity contribution in [2.24, 2.45) is 5.92 Å². The molecule has 30 heavy (non-hydrogen) atoms. The first-order valence-electron chi connectivity index (χ1n) is 10.5. The summed E-state index contributed by atoms with van der Waals surface area (Å²) in [6, 6.07) is 4.70. The number of amides is 3. The van der Waals surface area contributed by atoms with Crippen molar-refractivity contribution in [2.45, 2.75) is 51.1 Å². The van der Waals surface area contributed by atoms with E-state index in [1.54, 1.807) is 20.3 Å². The summed E-state index contributed by atoms with van der Waals surface area (Å²) in [7, 11) is 3.13. The Morgan fingerprint density at radius 3 is 2.13 bits per heavy atom. The number of benzene rings is 1. The monoisotopic (exact) mass is 417 g/mol. The number of piperidine rings is 1. The zero-order valence-corrected chi connectivity index (χ0v) is 17.9. The van der Waals surface area contributed by atoms with Gasteiger partial charge in [0.15, 0.2) is 0 Å². The van der Waals surface area contributed by atoms with Crippen LogP contribution in [-0.2, 0) is 20.8 Å². The fourth-order valence-corrected chi connectivity index (χ4v) is 3.81. The van der Waals surface area contributed by atoms with Gasteiger partial charge in [-0.1, -0.05) is 0 Å². The first-order valence-corrected chi connectivity index (χ1v) is 10.5. The van der Waals surface area contributed by atoms with Crippen molar-refractivity contribution >= 4 is 17.7 Å². The molecule has 1 saturated carbocycles. The number of hydrogen-bond acceptors (Lipinski definition) is 5. The minimum absolute atomic E-state index is 0.00291. The lowest BCUT2D eigenvalue weighted by molar-refractivity contribution is -0.134. The fraction of sp³-hybridized carbons (Fsp3) is 0.591. The highest BCUT2D eigenvalue weighted by atomic mass is 16.5. The summed E-state index contributed by atoms with van der Waals surface area (Å²) in [5.41, 5.74) is 0.824. The third-order valence-electron chi connectivity index (χ3n) is 5.62. The summed E-state index contributed by atoms with van der Waals surface area (Å²) >= 11 is 0. The normalized spacial score (nSPS) is 17.8.